The number of methoxy groups -OCH3 is 1. The molecule has 1 saturated carbocycles. The van der Waals surface area contributed by atoms with Crippen LogP contribution in [0, 0.1) is 5.41 Å². The van der Waals surface area contributed by atoms with Crippen molar-refractivity contribution in [2.45, 2.75) is 45.1 Å². The zero-order valence-electron chi connectivity index (χ0n) is 14.4. The summed E-state index contributed by atoms with van der Waals surface area (Å²) >= 11 is 0. The molecule has 1 saturated heterocycles. The summed E-state index contributed by atoms with van der Waals surface area (Å²) in [5.41, 5.74) is 0.556. The van der Waals surface area contributed by atoms with Crippen molar-refractivity contribution in [1.82, 2.24) is 15.2 Å². The maximum absolute atomic E-state index is 12.4. The van der Waals surface area contributed by atoms with E-state index in [-0.39, 0.29) is 23.3 Å². The summed E-state index contributed by atoms with van der Waals surface area (Å²) < 4.78 is 5.01. The van der Waals surface area contributed by atoms with Crippen LogP contribution in [-0.2, 0) is 4.79 Å². The smallest absolute Gasteiger partial charge is 0.252 e. The van der Waals surface area contributed by atoms with E-state index in [1.165, 1.54) is 6.20 Å². The molecule has 0 radical (unpaired) electrons. The minimum Gasteiger partial charge on any atom is -0.481 e. The second-order valence-corrected chi connectivity index (χ2v) is 6.72. The molecule has 1 aromatic rings. The summed E-state index contributed by atoms with van der Waals surface area (Å²) in [6.45, 7) is 3.40. The summed E-state index contributed by atoms with van der Waals surface area (Å²) in [7, 11) is 1.55. The van der Waals surface area contributed by atoms with E-state index in [1.54, 1.807) is 19.2 Å². The summed E-state index contributed by atoms with van der Waals surface area (Å²) in [5, 5.41) is 3.07. The lowest BCUT2D eigenvalue weighted by Gasteiger charge is -2.46. The molecule has 0 unspecified atom stereocenters. The molecule has 0 aromatic carbocycles. The molecule has 0 bridgehead atoms. The van der Waals surface area contributed by atoms with Gasteiger partial charge in [0.25, 0.3) is 5.91 Å². The molecule has 2 fully saturated rings. The number of aromatic nitrogens is 1. The van der Waals surface area contributed by atoms with E-state index in [0.29, 0.717) is 24.4 Å². The van der Waals surface area contributed by atoms with Crippen LogP contribution in [0.15, 0.2) is 18.3 Å². The Morgan fingerprint density at radius 2 is 2.29 bits per heavy atom. The number of ether oxygens (including phenoxy) is 1. The van der Waals surface area contributed by atoms with Gasteiger partial charge in [-0.25, -0.2) is 4.98 Å². The van der Waals surface area contributed by atoms with Gasteiger partial charge >= 0.3 is 0 Å². The number of rotatable bonds is 5. The lowest BCUT2D eigenvalue weighted by Crippen LogP contribution is -2.55. The number of likely N-dealkylation sites (tertiary alicyclic amines) is 1. The van der Waals surface area contributed by atoms with Gasteiger partial charge in [0.05, 0.1) is 12.7 Å². The highest BCUT2D eigenvalue weighted by atomic mass is 16.5. The number of nitrogens with one attached hydrogen (secondary N) is 1. The molecule has 1 aliphatic carbocycles. The molecule has 2 amide bonds. The summed E-state index contributed by atoms with van der Waals surface area (Å²) in [5.74, 6) is 0.626. The number of pyridine rings is 1. The highest BCUT2D eigenvalue weighted by Gasteiger charge is 2.49. The molecule has 130 valence electrons. The quantitative estimate of drug-likeness (QED) is 0.896. The number of fused-ring (bicyclic) bond motifs is 1. The Kier molecular flexibility index (Phi) is 4.73. The van der Waals surface area contributed by atoms with Gasteiger partial charge < -0.3 is 15.0 Å². The van der Waals surface area contributed by atoms with E-state index in [2.05, 4.69) is 10.3 Å². The molecule has 1 aromatic heterocycles. The van der Waals surface area contributed by atoms with Crippen LogP contribution < -0.4 is 10.1 Å². The number of amides is 2. The lowest BCUT2D eigenvalue weighted by atomic mass is 9.74. The molecule has 1 N–H and O–H groups in total. The van der Waals surface area contributed by atoms with Crippen LogP contribution in [0.2, 0.25) is 0 Å². The van der Waals surface area contributed by atoms with Gasteiger partial charge in [-0.1, -0.05) is 6.42 Å². The predicted molar refractivity (Wildman–Crippen MR) is 89.8 cm³/mol. The third kappa shape index (κ3) is 2.97. The van der Waals surface area contributed by atoms with Crippen molar-refractivity contribution in [2.75, 3.05) is 20.2 Å². The fraction of sp³-hybridized carbons (Fsp3) is 0.611. The zero-order valence-corrected chi connectivity index (χ0v) is 14.4. The predicted octanol–water partition coefficient (Wildman–Crippen LogP) is 2.00. The van der Waals surface area contributed by atoms with Crippen LogP contribution in [-0.4, -0.2) is 47.9 Å². The van der Waals surface area contributed by atoms with Crippen LogP contribution in [0.3, 0.4) is 0 Å². The van der Waals surface area contributed by atoms with E-state index in [1.807, 2.05) is 11.8 Å². The largest absolute Gasteiger partial charge is 0.481 e. The first kappa shape index (κ1) is 16.7. The maximum atomic E-state index is 12.4. The van der Waals surface area contributed by atoms with Crippen molar-refractivity contribution in [3.63, 3.8) is 0 Å². The van der Waals surface area contributed by atoms with Crippen molar-refractivity contribution in [1.29, 1.82) is 0 Å². The number of hydrogen-bond acceptors (Lipinski definition) is 4. The summed E-state index contributed by atoms with van der Waals surface area (Å²) in [4.78, 5) is 30.7. The first-order chi connectivity index (χ1) is 11.6. The van der Waals surface area contributed by atoms with Gasteiger partial charge in [-0.15, -0.1) is 0 Å². The molecule has 2 aliphatic rings. The van der Waals surface area contributed by atoms with Crippen LogP contribution in [0.5, 0.6) is 5.88 Å². The molecule has 3 rings (SSSR count). The summed E-state index contributed by atoms with van der Waals surface area (Å²) in [6, 6.07) is 3.66. The van der Waals surface area contributed by atoms with Gasteiger partial charge in [0.15, 0.2) is 0 Å². The molecular formula is C18H25N3O3. The normalized spacial score (nSPS) is 26.2. The minimum atomic E-state index is -0.120. The molecule has 6 heteroatoms. The zero-order chi connectivity index (χ0) is 17.2. The highest BCUT2D eigenvalue weighted by Crippen LogP contribution is 2.47. The average molecular weight is 331 g/mol. The van der Waals surface area contributed by atoms with Crippen molar-refractivity contribution in [3.05, 3.63) is 23.9 Å². The van der Waals surface area contributed by atoms with Crippen molar-refractivity contribution >= 4 is 11.8 Å². The Morgan fingerprint density at radius 1 is 1.46 bits per heavy atom. The topological polar surface area (TPSA) is 71.5 Å². The third-order valence-corrected chi connectivity index (χ3v) is 5.54. The molecule has 6 nitrogen and oxygen atoms in total. The van der Waals surface area contributed by atoms with Crippen molar-refractivity contribution in [2.24, 2.45) is 5.41 Å². The second-order valence-electron chi connectivity index (χ2n) is 6.72. The first-order valence-electron chi connectivity index (χ1n) is 8.67. The number of carbonyl (C=O) groups excluding carboxylic acids is 2. The highest BCUT2D eigenvalue weighted by molar-refractivity contribution is 5.94. The van der Waals surface area contributed by atoms with E-state index < -0.39 is 0 Å². The Labute approximate surface area is 142 Å². The molecule has 0 spiro atoms. The third-order valence-electron chi connectivity index (χ3n) is 5.54. The van der Waals surface area contributed by atoms with Gasteiger partial charge in [0.2, 0.25) is 11.8 Å². The van der Waals surface area contributed by atoms with Gasteiger partial charge in [-0.3, -0.25) is 9.59 Å². The molecule has 2 heterocycles. The number of carbonyl (C=O) groups is 2. The summed E-state index contributed by atoms with van der Waals surface area (Å²) in [6.07, 6.45) is 6.22. The van der Waals surface area contributed by atoms with Gasteiger partial charge in [-0.2, -0.15) is 0 Å². The SMILES string of the molecule is CCN1C(=O)CC[C@]2(CNC(=O)c3ccc(OC)nc3)CCC[C@@H]12. The van der Waals surface area contributed by atoms with Gasteiger partial charge in [0.1, 0.15) is 0 Å². The van der Waals surface area contributed by atoms with E-state index in [4.69, 9.17) is 4.74 Å². The molecule has 1 aliphatic heterocycles. The molecular weight excluding hydrogens is 306 g/mol. The average Bonchev–Trinajstić information content (AvgIpc) is 3.04. The Morgan fingerprint density at radius 3 is 2.96 bits per heavy atom. The van der Waals surface area contributed by atoms with Gasteiger partial charge in [-0.05, 0) is 32.3 Å². The van der Waals surface area contributed by atoms with Crippen molar-refractivity contribution < 1.29 is 14.3 Å². The fourth-order valence-electron chi connectivity index (χ4n) is 4.26. The Balaban J connectivity index is 1.68. The maximum Gasteiger partial charge on any atom is 0.252 e. The van der Waals surface area contributed by atoms with Crippen LogP contribution >= 0.6 is 0 Å². The fourth-order valence-corrected chi connectivity index (χ4v) is 4.26. The Bertz CT molecular complexity index is 616. The van der Waals surface area contributed by atoms with E-state index in [9.17, 15) is 9.59 Å². The van der Waals surface area contributed by atoms with E-state index in [0.717, 1.165) is 32.2 Å². The van der Waals surface area contributed by atoms with E-state index >= 15 is 0 Å². The van der Waals surface area contributed by atoms with Crippen molar-refractivity contribution in [3.8, 4) is 5.88 Å². The van der Waals surface area contributed by atoms with Crippen LogP contribution in [0.1, 0.15) is 49.4 Å². The first-order valence-corrected chi connectivity index (χ1v) is 8.67. The number of hydrogen-bond donors (Lipinski definition) is 1. The number of nitrogens with zero attached hydrogens (tertiary/aromatic N) is 2. The molecule has 2 atom stereocenters. The Hall–Kier alpha value is -2.11. The monoisotopic (exact) mass is 331 g/mol. The lowest BCUT2D eigenvalue weighted by molar-refractivity contribution is -0.141. The van der Waals surface area contributed by atoms with Gasteiger partial charge in [0, 0.05) is 43.2 Å². The number of piperidine rings is 1. The standard InChI is InChI=1S/C18H25N3O3/c1-3-21-14-5-4-9-18(14,10-8-16(21)22)12-20-17(23)13-6-7-15(24-2)19-11-13/h6-7,11,14H,3-5,8-10,12H2,1-2H3,(H,20,23)/t14-,18+/m1/s1. The minimum absolute atomic E-state index is 0.0273. The molecule has 24 heavy (non-hydrogen) atoms. The second kappa shape index (κ2) is 6.79. The van der Waals surface area contributed by atoms with Crippen LogP contribution in [0.25, 0.3) is 0 Å². The van der Waals surface area contributed by atoms with Crippen LogP contribution in [0.4, 0.5) is 0 Å².